The van der Waals surface area contributed by atoms with Gasteiger partial charge in [0, 0.05) is 12.5 Å². The zero-order valence-corrected chi connectivity index (χ0v) is 15.5. The fourth-order valence-electron chi connectivity index (χ4n) is 2.81. The number of hydrogen-bond donors (Lipinski definition) is 0. The van der Waals surface area contributed by atoms with Crippen molar-refractivity contribution in [1.29, 1.82) is 0 Å². The van der Waals surface area contributed by atoms with Crippen molar-refractivity contribution in [3.8, 4) is 22.6 Å². The van der Waals surface area contributed by atoms with Gasteiger partial charge in [-0.2, -0.15) is 4.98 Å². The highest BCUT2D eigenvalue weighted by molar-refractivity contribution is 5.82. The van der Waals surface area contributed by atoms with Crippen LogP contribution in [0.1, 0.15) is 18.6 Å². The summed E-state index contributed by atoms with van der Waals surface area (Å²) in [4.78, 5) is 17.0. The zero-order valence-electron chi connectivity index (χ0n) is 15.5. The van der Waals surface area contributed by atoms with Crippen molar-refractivity contribution in [2.24, 2.45) is 0 Å². The van der Waals surface area contributed by atoms with Gasteiger partial charge in [0.2, 0.25) is 11.7 Å². The molecule has 0 aliphatic rings. The Bertz CT molecular complexity index is 1160. The zero-order chi connectivity index (χ0) is 19.5. The molecule has 0 N–H and O–H groups in total. The predicted molar refractivity (Wildman–Crippen MR) is 102 cm³/mol. The summed E-state index contributed by atoms with van der Waals surface area (Å²) >= 11 is 0. The first kappa shape index (κ1) is 17.8. The first-order valence-corrected chi connectivity index (χ1v) is 8.82. The topological polar surface area (TPSA) is 87.6 Å². The number of methoxy groups -OCH3 is 1. The Kier molecular flexibility index (Phi) is 4.80. The second-order valence-electron chi connectivity index (χ2n) is 6.11. The van der Waals surface area contributed by atoms with E-state index in [4.69, 9.17) is 18.4 Å². The molecule has 4 aromatic rings. The molecule has 0 saturated carbocycles. The first-order valence-electron chi connectivity index (χ1n) is 8.82. The Hall–Kier alpha value is -3.61. The van der Waals surface area contributed by atoms with Crippen molar-refractivity contribution in [3.63, 3.8) is 0 Å². The maximum Gasteiger partial charge on any atom is 0.226 e. The fourth-order valence-corrected chi connectivity index (χ4v) is 2.81. The standard InChI is InChI=1S/C21H18N2O5/c1-3-20-22-19(23-28-20)12-26-15-8-9-16-18(10-15)27-11-17(21(16)24)13-4-6-14(25-2)7-5-13/h4-11H,3,12H2,1-2H3. The largest absolute Gasteiger partial charge is 0.497 e. The van der Waals surface area contributed by atoms with Crippen molar-refractivity contribution in [2.75, 3.05) is 7.11 Å². The Balaban J connectivity index is 1.59. The molecule has 0 spiro atoms. The van der Waals surface area contributed by atoms with E-state index < -0.39 is 0 Å². The highest BCUT2D eigenvalue weighted by Crippen LogP contribution is 2.24. The molecular weight excluding hydrogens is 360 g/mol. The normalized spacial score (nSPS) is 10.9. The molecule has 0 atom stereocenters. The summed E-state index contributed by atoms with van der Waals surface area (Å²) < 4.78 is 21.6. The molecule has 0 radical (unpaired) electrons. The number of benzene rings is 2. The molecule has 0 aliphatic heterocycles. The van der Waals surface area contributed by atoms with Crippen molar-refractivity contribution in [1.82, 2.24) is 10.1 Å². The van der Waals surface area contributed by atoms with E-state index in [1.807, 2.05) is 19.1 Å². The lowest BCUT2D eigenvalue weighted by molar-refractivity contribution is 0.285. The number of aryl methyl sites for hydroxylation is 1. The van der Waals surface area contributed by atoms with Crippen molar-refractivity contribution < 1.29 is 18.4 Å². The molecular formula is C21H18N2O5. The molecule has 28 heavy (non-hydrogen) atoms. The van der Waals surface area contributed by atoms with E-state index >= 15 is 0 Å². The van der Waals surface area contributed by atoms with Gasteiger partial charge in [-0.15, -0.1) is 0 Å². The third-order valence-electron chi connectivity index (χ3n) is 4.33. The molecule has 0 fully saturated rings. The number of fused-ring (bicyclic) bond motifs is 1. The molecule has 2 aromatic heterocycles. The first-order chi connectivity index (χ1) is 13.7. The van der Waals surface area contributed by atoms with Gasteiger partial charge in [0.05, 0.1) is 18.1 Å². The van der Waals surface area contributed by atoms with Gasteiger partial charge in [-0.1, -0.05) is 24.2 Å². The Morgan fingerprint density at radius 2 is 1.86 bits per heavy atom. The molecule has 142 valence electrons. The van der Waals surface area contributed by atoms with Crippen LogP contribution in [0.15, 0.2) is 62.5 Å². The van der Waals surface area contributed by atoms with Gasteiger partial charge in [0.25, 0.3) is 0 Å². The Labute approximate surface area is 160 Å². The Morgan fingerprint density at radius 1 is 1.07 bits per heavy atom. The minimum absolute atomic E-state index is 0.108. The summed E-state index contributed by atoms with van der Waals surface area (Å²) in [5.74, 6) is 2.31. The number of hydrogen-bond acceptors (Lipinski definition) is 7. The van der Waals surface area contributed by atoms with Crippen LogP contribution in [0.3, 0.4) is 0 Å². The van der Waals surface area contributed by atoms with Crippen LogP contribution in [0.25, 0.3) is 22.1 Å². The SMILES string of the molecule is CCc1nc(COc2ccc3c(=O)c(-c4ccc(OC)cc4)coc3c2)no1. The maximum absolute atomic E-state index is 12.8. The average molecular weight is 378 g/mol. The van der Waals surface area contributed by atoms with Gasteiger partial charge in [-0.3, -0.25) is 4.79 Å². The van der Waals surface area contributed by atoms with E-state index in [9.17, 15) is 4.79 Å². The lowest BCUT2D eigenvalue weighted by atomic mass is 10.1. The fraction of sp³-hybridized carbons (Fsp3) is 0.190. The van der Waals surface area contributed by atoms with E-state index in [1.165, 1.54) is 6.26 Å². The second-order valence-corrected chi connectivity index (χ2v) is 6.11. The smallest absolute Gasteiger partial charge is 0.226 e. The summed E-state index contributed by atoms with van der Waals surface area (Å²) in [6.07, 6.45) is 2.13. The minimum Gasteiger partial charge on any atom is -0.497 e. The van der Waals surface area contributed by atoms with E-state index in [-0.39, 0.29) is 12.0 Å². The van der Waals surface area contributed by atoms with Gasteiger partial charge in [0.1, 0.15) is 23.3 Å². The third kappa shape index (κ3) is 3.46. The van der Waals surface area contributed by atoms with Crippen LogP contribution in [-0.4, -0.2) is 17.3 Å². The molecule has 2 aromatic carbocycles. The van der Waals surface area contributed by atoms with Crippen molar-refractivity contribution >= 4 is 11.0 Å². The highest BCUT2D eigenvalue weighted by atomic mass is 16.5. The van der Waals surface area contributed by atoms with Crippen LogP contribution in [0.4, 0.5) is 0 Å². The van der Waals surface area contributed by atoms with Crippen LogP contribution in [0, 0.1) is 0 Å². The van der Waals surface area contributed by atoms with Gasteiger partial charge in [-0.05, 0) is 29.8 Å². The average Bonchev–Trinajstić information content (AvgIpc) is 3.21. The van der Waals surface area contributed by atoms with Crippen LogP contribution in [0.5, 0.6) is 11.5 Å². The molecule has 0 amide bonds. The molecule has 7 heteroatoms. The molecule has 0 aliphatic carbocycles. The number of nitrogens with zero attached hydrogens (tertiary/aromatic N) is 2. The minimum atomic E-state index is -0.108. The summed E-state index contributed by atoms with van der Waals surface area (Å²) in [6, 6.07) is 12.3. The summed E-state index contributed by atoms with van der Waals surface area (Å²) in [7, 11) is 1.60. The van der Waals surface area contributed by atoms with Gasteiger partial charge >= 0.3 is 0 Å². The highest BCUT2D eigenvalue weighted by Gasteiger charge is 2.11. The van der Waals surface area contributed by atoms with Gasteiger partial charge in [0.15, 0.2) is 12.0 Å². The molecule has 7 nitrogen and oxygen atoms in total. The van der Waals surface area contributed by atoms with E-state index in [2.05, 4.69) is 10.1 Å². The summed E-state index contributed by atoms with van der Waals surface area (Å²) in [5, 5.41) is 4.32. The van der Waals surface area contributed by atoms with E-state index in [1.54, 1.807) is 37.4 Å². The molecule has 2 heterocycles. The van der Waals surface area contributed by atoms with Crippen molar-refractivity contribution in [3.05, 3.63) is 70.7 Å². The molecule has 4 rings (SSSR count). The monoisotopic (exact) mass is 378 g/mol. The lowest BCUT2D eigenvalue weighted by Gasteiger charge is -2.06. The van der Waals surface area contributed by atoms with Gasteiger partial charge in [-0.25, -0.2) is 0 Å². The van der Waals surface area contributed by atoms with Crippen molar-refractivity contribution in [2.45, 2.75) is 20.0 Å². The van der Waals surface area contributed by atoms with E-state index in [0.717, 1.165) is 11.3 Å². The number of ether oxygens (including phenoxy) is 2. The second kappa shape index (κ2) is 7.56. The van der Waals surface area contributed by atoms with Crippen LogP contribution in [0.2, 0.25) is 0 Å². The van der Waals surface area contributed by atoms with Crippen LogP contribution >= 0.6 is 0 Å². The summed E-state index contributed by atoms with van der Waals surface area (Å²) in [5.41, 5.74) is 1.59. The Morgan fingerprint density at radius 3 is 2.57 bits per heavy atom. The molecule has 0 bridgehead atoms. The van der Waals surface area contributed by atoms with Gasteiger partial charge < -0.3 is 18.4 Å². The van der Waals surface area contributed by atoms with Crippen LogP contribution in [-0.2, 0) is 13.0 Å². The molecule has 0 saturated heterocycles. The maximum atomic E-state index is 12.8. The predicted octanol–water partition coefficient (Wildman–Crippen LogP) is 3.99. The number of aromatic nitrogens is 2. The van der Waals surface area contributed by atoms with Crippen LogP contribution < -0.4 is 14.9 Å². The van der Waals surface area contributed by atoms with E-state index in [0.29, 0.717) is 40.4 Å². The summed E-state index contributed by atoms with van der Waals surface area (Å²) in [6.45, 7) is 2.10. The lowest BCUT2D eigenvalue weighted by Crippen LogP contribution is -2.05. The number of rotatable bonds is 6. The third-order valence-corrected chi connectivity index (χ3v) is 4.33. The molecule has 0 unspecified atom stereocenters. The quantitative estimate of drug-likeness (QED) is 0.501.